The third-order valence-corrected chi connectivity index (χ3v) is 12.3. The molecule has 0 aliphatic rings. The average Bonchev–Trinajstić information content (AvgIpc) is 2.97. The van der Waals surface area contributed by atoms with E-state index in [0.29, 0.717) is 6.61 Å². The lowest BCUT2D eigenvalue weighted by molar-refractivity contribution is 0.272. The van der Waals surface area contributed by atoms with Crippen LogP contribution in [-0.2, 0) is 37.0 Å². The van der Waals surface area contributed by atoms with Crippen molar-refractivity contribution in [3.05, 3.63) is 97.6 Å². The van der Waals surface area contributed by atoms with Gasteiger partial charge in [-0.1, -0.05) is 161 Å². The van der Waals surface area contributed by atoms with Crippen LogP contribution in [0.1, 0.15) is 199 Å². The Balaban J connectivity index is 0.000000453. The van der Waals surface area contributed by atoms with Crippen molar-refractivity contribution >= 4 is 16.5 Å². The zero-order chi connectivity index (χ0) is 44.7. The van der Waals surface area contributed by atoms with Gasteiger partial charge in [0.2, 0.25) is 0 Å². The molecule has 0 fully saturated rings. The van der Waals surface area contributed by atoms with Crippen LogP contribution in [0, 0.1) is 20.8 Å². The Labute approximate surface area is 350 Å². The summed E-state index contributed by atoms with van der Waals surface area (Å²) >= 11 is 0. The smallest absolute Gasteiger partial charge is 0.404 e. The topological polar surface area (TPSA) is 99.4 Å². The number of aryl methyl sites for hydroxylation is 3. The molecule has 6 nitrogen and oxygen atoms in total. The molecule has 57 heavy (non-hydrogen) atoms. The van der Waals surface area contributed by atoms with Gasteiger partial charge in [-0.25, -0.2) is 0 Å². The fourth-order valence-electron chi connectivity index (χ4n) is 7.30. The SMILES string of the molecule is CCOP(O)Oc1c(C)cc(C(C)(C)C)cc1C(C)(C)C.Cc1cc(C(C)(C)C)cc(C(C)(C)C)c1C(C[P+](O)(O)O)c1c(C)cc(C(C)(C)C)cc1C(C)(C)C. The molecule has 0 heterocycles. The molecule has 0 saturated heterocycles. The first-order chi connectivity index (χ1) is 25.3. The Hall–Kier alpha value is -1.88. The van der Waals surface area contributed by atoms with Gasteiger partial charge in [0.05, 0.1) is 12.5 Å². The summed E-state index contributed by atoms with van der Waals surface area (Å²) in [6, 6.07) is 13.4. The van der Waals surface area contributed by atoms with Gasteiger partial charge in [0.1, 0.15) is 5.75 Å². The van der Waals surface area contributed by atoms with Gasteiger partial charge in [0, 0.05) is 5.56 Å². The van der Waals surface area contributed by atoms with Gasteiger partial charge in [-0.2, -0.15) is 14.7 Å². The molecule has 0 aliphatic carbocycles. The lowest BCUT2D eigenvalue weighted by Gasteiger charge is -2.36. The first-order valence-corrected chi connectivity index (χ1v) is 23.6. The highest BCUT2D eigenvalue weighted by molar-refractivity contribution is 7.58. The minimum absolute atomic E-state index is 0.0126. The summed E-state index contributed by atoms with van der Waals surface area (Å²) in [5.41, 5.74) is 12.5. The van der Waals surface area contributed by atoms with E-state index in [9.17, 15) is 19.6 Å². The Morgan fingerprint density at radius 3 is 1.11 bits per heavy atom. The summed E-state index contributed by atoms with van der Waals surface area (Å²) < 4.78 is 10.9. The molecule has 1 atom stereocenters. The summed E-state index contributed by atoms with van der Waals surface area (Å²) in [4.78, 5) is 41.3. The lowest BCUT2D eigenvalue weighted by Crippen LogP contribution is -2.26. The zero-order valence-corrected chi connectivity index (χ0v) is 41.7. The van der Waals surface area contributed by atoms with Crippen molar-refractivity contribution in [1.82, 2.24) is 0 Å². The first kappa shape index (κ1) is 51.3. The highest BCUT2D eigenvalue weighted by Gasteiger charge is 2.42. The molecule has 0 radical (unpaired) electrons. The molecule has 0 bridgehead atoms. The van der Waals surface area contributed by atoms with Crippen molar-refractivity contribution in [2.75, 3.05) is 12.8 Å². The van der Waals surface area contributed by atoms with Gasteiger partial charge in [-0.3, -0.25) is 0 Å². The largest absolute Gasteiger partial charge is 0.426 e. The van der Waals surface area contributed by atoms with Crippen LogP contribution < -0.4 is 4.52 Å². The summed E-state index contributed by atoms with van der Waals surface area (Å²) in [5, 5.41) is 0. The van der Waals surface area contributed by atoms with Crippen LogP contribution >= 0.6 is 16.5 Å². The van der Waals surface area contributed by atoms with E-state index in [1.807, 2.05) is 13.8 Å². The second kappa shape index (κ2) is 18.0. The highest BCUT2D eigenvalue weighted by Crippen LogP contribution is 2.54. The maximum Gasteiger partial charge on any atom is 0.404 e. The van der Waals surface area contributed by atoms with Crippen LogP contribution in [0.5, 0.6) is 5.75 Å². The fourth-order valence-corrected chi connectivity index (χ4v) is 8.83. The molecule has 8 heteroatoms. The maximum absolute atomic E-state index is 10.5. The second-order valence-electron chi connectivity index (χ2n) is 22.4. The van der Waals surface area contributed by atoms with E-state index in [-0.39, 0.29) is 44.6 Å². The van der Waals surface area contributed by atoms with Crippen LogP contribution in [0.15, 0.2) is 36.4 Å². The van der Waals surface area contributed by atoms with E-state index < -0.39 is 16.5 Å². The monoisotopic (exact) mass is 828 g/mol. The molecule has 1 unspecified atom stereocenters. The summed E-state index contributed by atoms with van der Waals surface area (Å²) in [5.74, 6) is 0.405. The summed E-state index contributed by atoms with van der Waals surface area (Å²) in [7, 11) is -5.95. The highest BCUT2D eigenvalue weighted by atomic mass is 31.2. The van der Waals surface area contributed by atoms with E-state index in [4.69, 9.17) is 9.05 Å². The average molecular weight is 828 g/mol. The molecule has 4 N–H and O–H groups in total. The Morgan fingerprint density at radius 2 is 0.825 bits per heavy atom. The Morgan fingerprint density at radius 1 is 0.509 bits per heavy atom. The van der Waals surface area contributed by atoms with Gasteiger partial charge in [-0.05, 0) is 116 Å². The standard InChI is InChI=1S/C32H52O3P.C17H29O3P/c1-20-15-22(29(3,4)5)17-25(31(9,10)11)27(20)24(19-36(33,34)35)28-21(2)16-23(30(6,7)8)18-26(28)32(12,13)14;1-9-19-21(18)20-15-12(2)10-13(16(3,4)5)11-14(15)17(6,7)8/h15-18,24,33-35H,19H2,1-14H3;10-11,18H,9H2,1-8H3/q+1;. The van der Waals surface area contributed by atoms with Crippen molar-refractivity contribution < 1.29 is 28.6 Å². The molecule has 3 rings (SSSR count). The van der Waals surface area contributed by atoms with Crippen molar-refractivity contribution in [3.63, 3.8) is 0 Å². The van der Waals surface area contributed by atoms with Gasteiger partial charge < -0.3 is 13.9 Å². The van der Waals surface area contributed by atoms with Crippen molar-refractivity contribution in [2.24, 2.45) is 0 Å². The first-order valence-electron chi connectivity index (χ1n) is 20.6. The van der Waals surface area contributed by atoms with Crippen LogP contribution in [0.2, 0.25) is 0 Å². The molecule has 0 amide bonds. The molecule has 3 aromatic carbocycles. The number of hydrogen-bond donors (Lipinski definition) is 4. The van der Waals surface area contributed by atoms with E-state index in [2.05, 4.69) is 175 Å². The third-order valence-electron chi connectivity index (χ3n) is 10.6. The Kier molecular flexibility index (Phi) is 16.2. The van der Waals surface area contributed by atoms with E-state index in [0.717, 1.165) is 39.1 Å². The fraction of sp³-hybridized carbons (Fsp3) is 0.633. The molecule has 0 spiro atoms. The Bertz CT molecular complexity index is 1750. The predicted octanol–water partition coefficient (Wildman–Crippen LogP) is 13.6. The zero-order valence-electron chi connectivity index (χ0n) is 40.0. The van der Waals surface area contributed by atoms with Gasteiger partial charge in [0.15, 0.2) is 6.16 Å². The van der Waals surface area contributed by atoms with Gasteiger partial charge >= 0.3 is 16.5 Å². The minimum Gasteiger partial charge on any atom is -0.426 e. The van der Waals surface area contributed by atoms with Crippen molar-refractivity contribution in [2.45, 2.75) is 191 Å². The van der Waals surface area contributed by atoms with Crippen LogP contribution in [-0.4, -0.2) is 32.3 Å². The minimum atomic E-state index is -4.08. The maximum atomic E-state index is 10.5. The molecular formula is C49H81O6P2+. The van der Waals surface area contributed by atoms with E-state index >= 15 is 0 Å². The van der Waals surface area contributed by atoms with Crippen molar-refractivity contribution in [1.29, 1.82) is 0 Å². The molecule has 322 valence electrons. The predicted molar refractivity (Wildman–Crippen MR) is 247 cm³/mol. The van der Waals surface area contributed by atoms with E-state index in [1.54, 1.807) is 0 Å². The van der Waals surface area contributed by atoms with Crippen LogP contribution in [0.3, 0.4) is 0 Å². The third kappa shape index (κ3) is 14.1. The van der Waals surface area contributed by atoms with Gasteiger partial charge in [0.25, 0.3) is 0 Å². The second-order valence-corrected chi connectivity index (χ2v) is 25.0. The number of hydrogen-bond acceptors (Lipinski definition) is 6. The molecule has 0 aromatic heterocycles. The summed E-state index contributed by atoms with van der Waals surface area (Å²) in [6.45, 7) is 48.3. The quantitative estimate of drug-likeness (QED) is 0.169. The normalized spacial score (nSPS) is 14.1. The molecular weight excluding hydrogens is 746 g/mol. The van der Waals surface area contributed by atoms with Crippen LogP contribution in [0.4, 0.5) is 0 Å². The molecule has 0 aliphatic heterocycles. The number of rotatable bonds is 8. The van der Waals surface area contributed by atoms with Crippen molar-refractivity contribution in [3.8, 4) is 5.75 Å². The summed E-state index contributed by atoms with van der Waals surface area (Å²) in [6.07, 6.45) is -0.0927. The van der Waals surface area contributed by atoms with Crippen LogP contribution in [0.25, 0.3) is 0 Å². The van der Waals surface area contributed by atoms with Gasteiger partial charge in [-0.15, -0.1) is 0 Å². The van der Waals surface area contributed by atoms with E-state index in [1.165, 1.54) is 27.8 Å². The number of benzene rings is 3. The molecule has 3 aromatic rings. The lowest BCUT2D eigenvalue weighted by atomic mass is 9.69. The molecule has 0 saturated carbocycles.